The number of benzene rings is 1. The van der Waals surface area contributed by atoms with Gasteiger partial charge in [-0.1, -0.05) is 29.3 Å². The van der Waals surface area contributed by atoms with Crippen LogP contribution in [-0.4, -0.2) is 25.8 Å². The van der Waals surface area contributed by atoms with Gasteiger partial charge in [0.15, 0.2) is 5.69 Å². The van der Waals surface area contributed by atoms with Crippen LogP contribution in [0.4, 0.5) is 0 Å². The Kier molecular flexibility index (Phi) is 3.53. The molecule has 106 valence electrons. The predicted octanol–water partition coefficient (Wildman–Crippen LogP) is 3.48. The molecule has 0 saturated heterocycles. The van der Waals surface area contributed by atoms with E-state index in [0.717, 1.165) is 0 Å². The topological polar surface area (TPSA) is 68.0 Å². The van der Waals surface area contributed by atoms with Gasteiger partial charge < -0.3 is 5.11 Å². The van der Waals surface area contributed by atoms with Gasteiger partial charge in [0, 0.05) is 21.8 Å². The first-order valence-corrected chi connectivity index (χ1v) is 6.81. The summed E-state index contributed by atoms with van der Waals surface area (Å²) < 4.78 is 1.54. The van der Waals surface area contributed by atoms with Crippen LogP contribution >= 0.6 is 23.2 Å². The number of aromatic nitrogens is 3. The Morgan fingerprint density at radius 3 is 2.57 bits per heavy atom. The van der Waals surface area contributed by atoms with Crippen LogP contribution in [0, 0.1) is 0 Å². The number of nitrogens with zero attached hydrogens (tertiary/aromatic N) is 3. The molecule has 3 aromatic rings. The second-order valence-corrected chi connectivity index (χ2v) is 5.20. The van der Waals surface area contributed by atoms with Crippen molar-refractivity contribution in [2.75, 3.05) is 0 Å². The molecule has 0 aliphatic carbocycles. The number of rotatable bonds is 3. The monoisotopic (exact) mass is 321 g/mol. The molecule has 0 fully saturated rings. The summed E-state index contributed by atoms with van der Waals surface area (Å²) >= 11 is 12.3. The number of hydrogen-bond donors (Lipinski definition) is 1. The Morgan fingerprint density at radius 2 is 1.90 bits per heavy atom. The summed E-state index contributed by atoms with van der Waals surface area (Å²) in [6.45, 7) is 0.272. The van der Waals surface area contributed by atoms with Crippen LogP contribution in [0.25, 0.3) is 11.0 Å². The van der Waals surface area contributed by atoms with Crippen LogP contribution in [0.15, 0.2) is 36.5 Å². The smallest absolute Gasteiger partial charge is 0.358 e. The third-order valence-electron chi connectivity index (χ3n) is 3.08. The van der Waals surface area contributed by atoms with Crippen molar-refractivity contribution in [1.29, 1.82) is 0 Å². The van der Waals surface area contributed by atoms with Crippen molar-refractivity contribution in [1.82, 2.24) is 14.8 Å². The van der Waals surface area contributed by atoms with Crippen LogP contribution in [-0.2, 0) is 6.54 Å². The maximum absolute atomic E-state index is 11.2. The first-order valence-electron chi connectivity index (χ1n) is 6.05. The molecule has 0 bridgehead atoms. The van der Waals surface area contributed by atoms with Crippen molar-refractivity contribution >= 4 is 40.2 Å². The minimum Gasteiger partial charge on any atom is -0.476 e. The second-order valence-electron chi connectivity index (χ2n) is 4.38. The first-order chi connectivity index (χ1) is 10.1. The van der Waals surface area contributed by atoms with Gasteiger partial charge in [-0.3, -0.25) is 9.67 Å². The van der Waals surface area contributed by atoms with E-state index in [1.165, 1.54) is 6.20 Å². The second kappa shape index (κ2) is 5.35. The van der Waals surface area contributed by atoms with Crippen LogP contribution in [0.5, 0.6) is 0 Å². The molecule has 0 aliphatic rings. The van der Waals surface area contributed by atoms with Gasteiger partial charge in [-0.05, 0) is 24.3 Å². The van der Waals surface area contributed by atoms with Crippen molar-refractivity contribution in [3.05, 3.63) is 57.8 Å². The van der Waals surface area contributed by atoms with E-state index < -0.39 is 5.97 Å². The minimum absolute atomic E-state index is 0.0891. The number of fused-ring (bicyclic) bond motifs is 1. The van der Waals surface area contributed by atoms with Gasteiger partial charge in [0.25, 0.3) is 0 Å². The SMILES string of the molecule is O=C(O)c1nn(Cc2c(Cl)cccc2Cl)c2cccnc12. The summed E-state index contributed by atoms with van der Waals surface area (Å²) in [5.41, 5.74) is 1.55. The molecule has 3 rings (SSSR count). The van der Waals surface area contributed by atoms with E-state index in [9.17, 15) is 9.90 Å². The van der Waals surface area contributed by atoms with Crippen molar-refractivity contribution in [3.8, 4) is 0 Å². The van der Waals surface area contributed by atoms with Gasteiger partial charge in [0.2, 0.25) is 0 Å². The van der Waals surface area contributed by atoms with Crippen molar-refractivity contribution in [2.45, 2.75) is 6.54 Å². The maximum Gasteiger partial charge on any atom is 0.358 e. The molecule has 2 heterocycles. The lowest BCUT2D eigenvalue weighted by atomic mass is 10.2. The van der Waals surface area contributed by atoms with Gasteiger partial charge in [-0.2, -0.15) is 5.10 Å². The molecule has 1 N–H and O–H groups in total. The third-order valence-corrected chi connectivity index (χ3v) is 3.79. The summed E-state index contributed by atoms with van der Waals surface area (Å²) in [7, 11) is 0. The van der Waals surface area contributed by atoms with Crippen molar-refractivity contribution in [2.24, 2.45) is 0 Å². The molecular formula is C14H9Cl2N3O2. The fraction of sp³-hybridized carbons (Fsp3) is 0.0714. The minimum atomic E-state index is -1.12. The largest absolute Gasteiger partial charge is 0.476 e. The zero-order valence-corrected chi connectivity index (χ0v) is 12.1. The van der Waals surface area contributed by atoms with Gasteiger partial charge in [0.05, 0.1) is 12.1 Å². The van der Waals surface area contributed by atoms with Crippen LogP contribution in [0.1, 0.15) is 16.1 Å². The zero-order chi connectivity index (χ0) is 15.0. The lowest BCUT2D eigenvalue weighted by molar-refractivity contribution is 0.0691. The van der Waals surface area contributed by atoms with Gasteiger partial charge in [-0.25, -0.2) is 4.79 Å². The molecule has 0 unspecified atom stereocenters. The fourth-order valence-electron chi connectivity index (χ4n) is 2.11. The third kappa shape index (κ3) is 2.46. The molecule has 21 heavy (non-hydrogen) atoms. The molecule has 0 radical (unpaired) electrons. The Hall–Kier alpha value is -2.11. The molecule has 7 heteroatoms. The Bertz CT molecular complexity index is 825. The van der Waals surface area contributed by atoms with E-state index >= 15 is 0 Å². The predicted molar refractivity (Wildman–Crippen MR) is 80.1 cm³/mol. The molecule has 0 amide bonds. The first kappa shape index (κ1) is 13.9. The number of carboxylic acids is 1. The average Bonchev–Trinajstić information content (AvgIpc) is 2.82. The highest BCUT2D eigenvalue weighted by Gasteiger charge is 2.18. The van der Waals surface area contributed by atoms with Crippen molar-refractivity contribution < 1.29 is 9.90 Å². The normalized spacial score (nSPS) is 11.0. The zero-order valence-electron chi connectivity index (χ0n) is 10.6. The quantitative estimate of drug-likeness (QED) is 0.801. The van der Waals surface area contributed by atoms with E-state index in [0.29, 0.717) is 26.6 Å². The van der Waals surface area contributed by atoms with Gasteiger partial charge in [0.1, 0.15) is 5.52 Å². The summed E-state index contributed by atoms with van der Waals surface area (Å²) in [4.78, 5) is 15.3. The lowest BCUT2D eigenvalue weighted by Gasteiger charge is -2.07. The fourth-order valence-corrected chi connectivity index (χ4v) is 2.62. The Balaban J connectivity index is 2.15. The van der Waals surface area contributed by atoms with Crippen molar-refractivity contribution in [3.63, 3.8) is 0 Å². The summed E-state index contributed by atoms with van der Waals surface area (Å²) in [5.74, 6) is -1.12. The number of halogens is 2. The molecule has 0 aliphatic heterocycles. The number of carboxylic acid groups (broad SMARTS) is 1. The standard InChI is InChI=1S/C14H9Cl2N3O2/c15-9-3-1-4-10(16)8(9)7-19-11-5-2-6-17-12(11)13(18-19)14(20)21/h1-6H,7H2,(H,20,21). The number of carbonyl (C=O) groups is 1. The lowest BCUT2D eigenvalue weighted by Crippen LogP contribution is -2.05. The summed E-state index contributed by atoms with van der Waals surface area (Å²) in [6.07, 6.45) is 1.53. The highest BCUT2D eigenvalue weighted by molar-refractivity contribution is 6.36. The van der Waals surface area contributed by atoms with Gasteiger partial charge in [-0.15, -0.1) is 0 Å². The van der Waals surface area contributed by atoms with Crippen LogP contribution in [0.3, 0.4) is 0 Å². The van der Waals surface area contributed by atoms with E-state index in [-0.39, 0.29) is 12.2 Å². The Morgan fingerprint density at radius 1 is 1.19 bits per heavy atom. The highest BCUT2D eigenvalue weighted by atomic mass is 35.5. The van der Waals surface area contributed by atoms with E-state index in [2.05, 4.69) is 10.1 Å². The molecule has 0 atom stereocenters. The van der Waals surface area contributed by atoms with E-state index in [1.807, 2.05) is 0 Å². The van der Waals surface area contributed by atoms with E-state index in [4.69, 9.17) is 23.2 Å². The highest BCUT2D eigenvalue weighted by Crippen LogP contribution is 2.26. The molecular weight excluding hydrogens is 313 g/mol. The van der Waals surface area contributed by atoms with Crippen LogP contribution < -0.4 is 0 Å². The maximum atomic E-state index is 11.2. The molecule has 1 aromatic carbocycles. The molecule has 0 spiro atoms. The molecule has 0 saturated carbocycles. The number of aromatic carboxylic acids is 1. The number of hydrogen-bond acceptors (Lipinski definition) is 3. The average molecular weight is 322 g/mol. The van der Waals surface area contributed by atoms with E-state index in [1.54, 1.807) is 35.0 Å². The molecule has 2 aromatic heterocycles. The number of pyridine rings is 1. The van der Waals surface area contributed by atoms with Crippen LogP contribution in [0.2, 0.25) is 10.0 Å². The summed E-state index contributed by atoms with van der Waals surface area (Å²) in [5, 5.41) is 14.3. The Labute approximate surface area is 129 Å². The molecule has 5 nitrogen and oxygen atoms in total. The summed E-state index contributed by atoms with van der Waals surface area (Å²) in [6, 6.07) is 8.68. The van der Waals surface area contributed by atoms with Gasteiger partial charge >= 0.3 is 5.97 Å².